The first kappa shape index (κ1) is 7.72. The lowest BCUT2D eigenvalue weighted by molar-refractivity contribution is 0.181. The highest BCUT2D eigenvalue weighted by Crippen LogP contribution is 2.13. The molecule has 56 valence electrons. The molecule has 1 atom stereocenters. The molecule has 0 aromatic carbocycles. The molecule has 1 rings (SSSR count). The fourth-order valence-electron chi connectivity index (χ4n) is 0.762. The number of thiophene rings is 1. The van der Waals surface area contributed by atoms with Crippen LogP contribution in [-0.4, -0.2) is 13.7 Å². The van der Waals surface area contributed by atoms with Gasteiger partial charge in [0.05, 0.1) is 12.6 Å². The molecule has 0 aliphatic rings. The van der Waals surface area contributed by atoms with Crippen molar-refractivity contribution in [2.45, 2.75) is 6.04 Å². The standard InChI is InChI=1S/C7H11NOS/c1-9-4-7(8)6-2-3-10-5-6/h2-3,5,7H,4,8H2,1H3/t7-/m0/s1. The molecule has 0 saturated carbocycles. The SMILES string of the molecule is COC[C@H](N)c1ccsc1. The number of nitrogens with two attached hydrogens (primary N) is 1. The van der Waals surface area contributed by atoms with Crippen molar-refractivity contribution >= 4 is 11.3 Å². The topological polar surface area (TPSA) is 35.2 Å². The van der Waals surface area contributed by atoms with E-state index in [1.807, 2.05) is 16.8 Å². The second kappa shape index (κ2) is 3.71. The van der Waals surface area contributed by atoms with Gasteiger partial charge in [-0.15, -0.1) is 0 Å². The Kier molecular flexibility index (Phi) is 2.86. The number of hydrogen-bond acceptors (Lipinski definition) is 3. The van der Waals surface area contributed by atoms with Crippen molar-refractivity contribution in [1.29, 1.82) is 0 Å². The molecule has 0 unspecified atom stereocenters. The van der Waals surface area contributed by atoms with Crippen molar-refractivity contribution in [3.05, 3.63) is 22.4 Å². The number of rotatable bonds is 3. The summed E-state index contributed by atoms with van der Waals surface area (Å²) < 4.78 is 4.91. The summed E-state index contributed by atoms with van der Waals surface area (Å²) in [6.07, 6.45) is 0. The Morgan fingerprint density at radius 2 is 2.60 bits per heavy atom. The van der Waals surface area contributed by atoms with Gasteiger partial charge in [-0.1, -0.05) is 0 Å². The van der Waals surface area contributed by atoms with Crippen LogP contribution in [0, 0.1) is 0 Å². The summed E-state index contributed by atoms with van der Waals surface area (Å²) in [5.74, 6) is 0. The minimum atomic E-state index is 0.0382. The zero-order chi connectivity index (χ0) is 7.40. The Bertz CT molecular complexity index is 174. The molecule has 0 bridgehead atoms. The van der Waals surface area contributed by atoms with E-state index in [-0.39, 0.29) is 6.04 Å². The van der Waals surface area contributed by atoms with Crippen LogP contribution < -0.4 is 5.73 Å². The lowest BCUT2D eigenvalue weighted by atomic mass is 10.2. The van der Waals surface area contributed by atoms with Crippen LogP contribution in [-0.2, 0) is 4.74 Å². The number of hydrogen-bond donors (Lipinski definition) is 1. The Labute approximate surface area is 64.6 Å². The van der Waals surface area contributed by atoms with Crippen molar-refractivity contribution in [2.24, 2.45) is 5.73 Å². The van der Waals surface area contributed by atoms with E-state index in [1.54, 1.807) is 18.4 Å². The molecule has 10 heavy (non-hydrogen) atoms. The first-order chi connectivity index (χ1) is 4.84. The molecule has 0 fully saturated rings. The summed E-state index contributed by atoms with van der Waals surface area (Å²) >= 11 is 1.66. The Hall–Kier alpha value is -0.380. The van der Waals surface area contributed by atoms with Crippen LogP contribution in [0.15, 0.2) is 16.8 Å². The summed E-state index contributed by atoms with van der Waals surface area (Å²) in [5, 5.41) is 4.06. The molecule has 0 saturated heterocycles. The lowest BCUT2D eigenvalue weighted by Gasteiger charge is -2.06. The van der Waals surface area contributed by atoms with E-state index >= 15 is 0 Å². The van der Waals surface area contributed by atoms with Gasteiger partial charge in [-0.2, -0.15) is 11.3 Å². The number of methoxy groups -OCH3 is 1. The van der Waals surface area contributed by atoms with Crippen LogP contribution >= 0.6 is 11.3 Å². The average Bonchev–Trinajstić information content (AvgIpc) is 2.38. The third-order valence-corrected chi connectivity index (χ3v) is 2.02. The zero-order valence-electron chi connectivity index (χ0n) is 5.91. The van der Waals surface area contributed by atoms with Gasteiger partial charge >= 0.3 is 0 Å². The third-order valence-electron chi connectivity index (χ3n) is 1.32. The van der Waals surface area contributed by atoms with Crippen LogP contribution in [0.2, 0.25) is 0 Å². The van der Waals surface area contributed by atoms with Gasteiger partial charge in [0.15, 0.2) is 0 Å². The number of ether oxygens (including phenoxy) is 1. The molecule has 3 heteroatoms. The normalized spacial score (nSPS) is 13.4. The van der Waals surface area contributed by atoms with E-state index in [9.17, 15) is 0 Å². The predicted molar refractivity (Wildman–Crippen MR) is 43.1 cm³/mol. The van der Waals surface area contributed by atoms with Gasteiger partial charge in [0.2, 0.25) is 0 Å². The second-order valence-corrected chi connectivity index (χ2v) is 2.90. The quantitative estimate of drug-likeness (QED) is 0.719. The van der Waals surface area contributed by atoms with Crippen LogP contribution in [0.1, 0.15) is 11.6 Å². The Balaban J connectivity index is 2.50. The monoisotopic (exact) mass is 157 g/mol. The molecule has 1 heterocycles. The Morgan fingerprint density at radius 3 is 3.10 bits per heavy atom. The molecule has 0 spiro atoms. The summed E-state index contributed by atoms with van der Waals surface area (Å²) in [4.78, 5) is 0. The van der Waals surface area contributed by atoms with E-state index in [4.69, 9.17) is 10.5 Å². The molecule has 0 aliphatic carbocycles. The molecule has 1 aromatic rings. The molecule has 2 N–H and O–H groups in total. The van der Waals surface area contributed by atoms with Gasteiger partial charge in [0.25, 0.3) is 0 Å². The van der Waals surface area contributed by atoms with Crippen molar-refractivity contribution in [3.63, 3.8) is 0 Å². The van der Waals surface area contributed by atoms with Gasteiger partial charge in [0.1, 0.15) is 0 Å². The van der Waals surface area contributed by atoms with Gasteiger partial charge in [-0.25, -0.2) is 0 Å². The van der Waals surface area contributed by atoms with Crippen molar-refractivity contribution in [1.82, 2.24) is 0 Å². The zero-order valence-corrected chi connectivity index (χ0v) is 6.73. The molecular formula is C7H11NOS. The van der Waals surface area contributed by atoms with E-state index in [0.717, 1.165) is 5.56 Å². The van der Waals surface area contributed by atoms with E-state index in [2.05, 4.69) is 0 Å². The van der Waals surface area contributed by atoms with Crippen molar-refractivity contribution in [3.8, 4) is 0 Å². The minimum Gasteiger partial charge on any atom is -0.383 e. The largest absolute Gasteiger partial charge is 0.383 e. The van der Waals surface area contributed by atoms with Crippen molar-refractivity contribution < 1.29 is 4.74 Å². The fraction of sp³-hybridized carbons (Fsp3) is 0.429. The maximum absolute atomic E-state index is 5.73. The molecule has 2 nitrogen and oxygen atoms in total. The molecule has 0 radical (unpaired) electrons. The van der Waals surface area contributed by atoms with Crippen LogP contribution in [0.4, 0.5) is 0 Å². The van der Waals surface area contributed by atoms with Gasteiger partial charge < -0.3 is 10.5 Å². The van der Waals surface area contributed by atoms with Crippen LogP contribution in [0.25, 0.3) is 0 Å². The van der Waals surface area contributed by atoms with Crippen LogP contribution in [0.5, 0.6) is 0 Å². The maximum atomic E-state index is 5.73. The highest BCUT2D eigenvalue weighted by molar-refractivity contribution is 7.07. The smallest absolute Gasteiger partial charge is 0.0655 e. The third kappa shape index (κ3) is 1.80. The average molecular weight is 157 g/mol. The summed E-state index contributed by atoms with van der Waals surface area (Å²) in [6, 6.07) is 2.06. The first-order valence-corrected chi connectivity index (χ1v) is 4.05. The first-order valence-electron chi connectivity index (χ1n) is 3.11. The lowest BCUT2D eigenvalue weighted by Crippen LogP contribution is -2.14. The molecule has 0 aliphatic heterocycles. The maximum Gasteiger partial charge on any atom is 0.0655 e. The highest BCUT2D eigenvalue weighted by Gasteiger charge is 2.03. The minimum absolute atomic E-state index is 0.0382. The summed E-state index contributed by atoms with van der Waals surface area (Å²) in [6.45, 7) is 0.594. The second-order valence-electron chi connectivity index (χ2n) is 2.12. The Morgan fingerprint density at radius 1 is 1.80 bits per heavy atom. The fourth-order valence-corrected chi connectivity index (χ4v) is 1.49. The molecular weight excluding hydrogens is 146 g/mol. The van der Waals surface area contributed by atoms with E-state index in [1.165, 1.54) is 0 Å². The predicted octanol–water partition coefficient (Wildman–Crippen LogP) is 1.39. The highest BCUT2D eigenvalue weighted by atomic mass is 32.1. The van der Waals surface area contributed by atoms with E-state index in [0.29, 0.717) is 6.61 Å². The summed E-state index contributed by atoms with van der Waals surface area (Å²) in [7, 11) is 1.66. The van der Waals surface area contributed by atoms with Crippen LogP contribution in [0.3, 0.4) is 0 Å². The van der Waals surface area contributed by atoms with E-state index < -0.39 is 0 Å². The molecule has 0 amide bonds. The summed E-state index contributed by atoms with van der Waals surface area (Å²) in [5.41, 5.74) is 6.89. The van der Waals surface area contributed by atoms with Gasteiger partial charge in [-0.3, -0.25) is 0 Å². The van der Waals surface area contributed by atoms with Crippen molar-refractivity contribution in [2.75, 3.05) is 13.7 Å². The molecule has 1 aromatic heterocycles. The van der Waals surface area contributed by atoms with Gasteiger partial charge in [0, 0.05) is 7.11 Å². The van der Waals surface area contributed by atoms with Gasteiger partial charge in [-0.05, 0) is 22.4 Å².